The van der Waals surface area contributed by atoms with Gasteiger partial charge in [0.25, 0.3) is 0 Å². The second-order valence-corrected chi connectivity index (χ2v) is 16.9. The first-order valence-electron chi connectivity index (χ1n) is 19.4. The van der Waals surface area contributed by atoms with E-state index in [1.165, 1.54) is 106 Å². The molecule has 10 aromatic carbocycles. The minimum Gasteiger partial charge on any atom is -0.308 e. The Balaban J connectivity index is 1.10. The first kappa shape index (κ1) is 32.5. The molecule has 0 N–H and O–H groups in total. The Morgan fingerprint density at radius 3 is 1.61 bits per heavy atom. The Morgan fingerprint density at radius 1 is 0.298 bits per heavy atom. The third-order valence-corrected chi connectivity index (χ3v) is 14.1. The summed E-state index contributed by atoms with van der Waals surface area (Å²) >= 11 is 3.80. The van der Waals surface area contributed by atoms with Gasteiger partial charge in [-0.15, -0.1) is 22.7 Å². The first-order chi connectivity index (χ1) is 28.3. The molecule has 2 heterocycles. The number of fused-ring (bicyclic) bond motifs is 10. The Kier molecular flexibility index (Phi) is 7.34. The number of hydrogen-bond acceptors (Lipinski definition) is 3. The minimum atomic E-state index is 1.13. The van der Waals surface area contributed by atoms with Gasteiger partial charge in [-0.3, -0.25) is 0 Å². The van der Waals surface area contributed by atoms with Gasteiger partial charge in [0.05, 0.1) is 20.8 Å². The largest absolute Gasteiger partial charge is 0.308 e. The van der Waals surface area contributed by atoms with Crippen molar-refractivity contribution in [3.05, 3.63) is 200 Å². The fourth-order valence-electron chi connectivity index (χ4n) is 9.05. The van der Waals surface area contributed by atoms with Gasteiger partial charge in [0.2, 0.25) is 0 Å². The molecule has 0 aliphatic carbocycles. The van der Waals surface area contributed by atoms with Gasteiger partial charge in [0.1, 0.15) is 0 Å². The minimum absolute atomic E-state index is 1.13. The average Bonchev–Trinajstić information content (AvgIpc) is 3.86. The lowest BCUT2D eigenvalue weighted by Gasteiger charge is -2.27. The van der Waals surface area contributed by atoms with Crippen LogP contribution in [0.1, 0.15) is 0 Å². The van der Waals surface area contributed by atoms with Gasteiger partial charge in [-0.05, 0) is 85.4 Å². The number of hydrogen-bond donors (Lipinski definition) is 0. The summed E-state index contributed by atoms with van der Waals surface area (Å²) in [5.74, 6) is 0. The number of thiophene rings is 2. The van der Waals surface area contributed by atoms with Crippen LogP contribution in [-0.2, 0) is 0 Å². The molecule has 57 heavy (non-hydrogen) atoms. The molecule has 0 unspecified atom stereocenters. The fraction of sp³-hybridized carbons (Fsp3) is 0. The third kappa shape index (κ3) is 5.06. The van der Waals surface area contributed by atoms with Crippen molar-refractivity contribution in [2.24, 2.45) is 0 Å². The predicted molar refractivity (Wildman–Crippen MR) is 250 cm³/mol. The van der Waals surface area contributed by atoms with E-state index in [4.69, 9.17) is 0 Å². The third-order valence-electron chi connectivity index (χ3n) is 11.7. The summed E-state index contributed by atoms with van der Waals surface area (Å²) in [6.07, 6.45) is 0. The van der Waals surface area contributed by atoms with Crippen LogP contribution < -0.4 is 4.90 Å². The quantitative estimate of drug-likeness (QED) is 0.158. The number of rotatable bonds is 5. The van der Waals surface area contributed by atoms with Crippen molar-refractivity contribution in [3.63, 3.8) is 0 Å². The highest BCUT2D eigenvalue weighted by Crippen LogP contribution is 2.51. The van der Waals surface area contributed by atoms with Crippen LogP contribution in [-0.4, -0.2) is 0 Å². The molecular formula is C54H33NS2. The van der Waals surface area contributed by atoms with Gasteiger partial charge in [0.15, 0.2) is 0 Å². The van der Waals surface area contributed by atoms with Crippen LogP contribution in [0, 0.1) is 0 Å². The molecule has 0 saturated heterocycles. The van der Waals surface area contributed by atoms with E-state index < -0.39 is 0 Å². The molecule has 0 saturated carbocycles. The molecule has 0 fully saturated rings. The molecule has 12 rings (SSSR count). The van der Waals surface area contributed by atoms with E-state index in [2.05, 4.69) is 205 Å². The van der Waals surface area contributed by atoms with E-state index in [-0.39, 0.29) is 0 Å². The van der Waals surface area contributed by atoms with Gasteiger partial charge in [-0.25, -0.2) is 0 Å². The zero-order valence-corrected chi connectivity index (χ0v) is 32.4. The molecule has 0 aliphatic heterocycles. The lowest BCUT2D eigenvalue weighted by atomic mass is 9.92. The second-order valence-electron chi connectivity index (χ2n) is 14.8. The zero-order chi connectivity index (χ0) is 37.5. The van der Waals surface area contributed by atoms with Crippen molar-refractivity contribution in [2.45, 2.75) is 0 Å². The summed E-state index contributed by atoms with van der Waals surface area (Å²) in [5, 5.41) is 12.8. The smallest absolute Gasteiger partial charge is 0.0640 e. The summed E-state index contributed by atoms with van der Waals surface area (Å²) in [7, 11) is 0. The van der Waals surface area contributed by atoms with E-state index in [9.17, 15) is 0 Å². The maximum absolute atomic E-state index is 2.51. The molecule has 0 spiro atoms. The highest BCUT2D eigenvalue weighted by atomic mass is 32.1. The molecule has 3 heteroatoms. The number of nitrogens with zero attached hydrogens (tertiary/aromatic N) is 1. The van der Waals surface area contributed by atoms with Crippen molar-refractivity contribution in [1.29, 1.82) is 0 Å². The molecule has 0 radical (unpaired) electrons. The zero-order valence-electron chi connectivity index (χ0n) is 30.8. The van der Waals surface area contributed by atoms with Crippen LogP contribution >= 0.6 is 22.7 Å². The van der Waals surface area contributed by atoms with Crippen LogP contribution in [0.3, 0.4) is 0 Å². The van der Waals surface area contributed by atoms with Gasteiger partial charge in [-0.1, -0.05) is 164 Å². The Bertz CT molecular complexity index is 3530. The van der Waals surface area contributed by atoms with E-state index in [1.807, 2.05) is 22.7 Å². The van der Waals surface area contributed by atoms with Gasteiger partial charge >= 0.3 is 0 Å². The summed E-state index contributed by atoms with van der Waals surface area (Å²) in [6.45, 7) is 0. The lowest BCUT2D eigenvalue weighted by Crippen LogP contribution is -2.10. The van der Waals surface area contributed by atoms with Crippen molar-refractivity contribution >= 4 is 112 Å². The standard InChI is InChI=1S/C54H33NS2/c1-3-16-38-34(13-1)15-9-21-39(38)35-29-31-37(32-30-35)55(49-26-11-24-44-43-20-7-8-28-51(43)56-53(44)49)50-27-12-25-46-45-22-10-23-47(52(45)57-54(46)50)48-33-36-14-2-4-17-40(36)41-18-5-6-19-42(41)48/h1-33H. The molecular weight excluding hydrogens is 727 g/mol. The van der Waals surface area contributed by atoms with Crippen molar-refractivity contribution < 1.29 is 0 Å². The Hall–Kier alpha value is -6.78. The van der Waals surface area contributed by atoms with Gasteiger partial charge < -0.3 is 4.90 Å². The topological polar surface area (TPSA) is 3.24 Å². The summed E-state index contributed by atoms with van der Waals surface area (Å²) in [6, 6.07) is 73.8. The first-order valence-corrected chi connectivity index (χ1v) is 21.1. The van der Waals surface area contributed by atoms with Crippen LogP contribution in [0.2, 0.25) is 0 Å². The molecule has 0 atom stereocenters. The number of anilines is 3. The second kappa shape index (κ2) is 12.9. The Morgan fingerprint density at radius 2 is 0.825 bits per heavy atom. The van der Waals surface area contributed by atoms with Crippen molar-refractivity contribution in [2.75, 3.05) is 4.90 Å². The van der Waals surface area contributed by atoms with E-state index in [0.717, 1.165) is 5.69 Å². The summed E-state index contributed by atoms with van der Waals surface area (Å²) in [5.41, 5.74) is 8.53. The molecule has 1 nitrogen and oxygen atoms in total. The Labute approximate surface area is 337 Å². The predicted octanol–water partition coefficient (Wildman–Crippen LogP) is 16.7. The maximum atomic E-state index is 2.51. The highest BCUT2D eigenvalue weighted by molar-refractivity contribution is 7.27. The van der Waals surface area contributed by atoms with E-state index in [0.29, 0.717) is 0 Å². The lowest BCUT2D eigenvalue weighted by molar-refractivity contribution is 1.32. The molecule has 266 valence electrons. The van der Waals surface area contributed by atoms with Crippen LogP contribution in [0.15, 0.2) is 200 Å². The van der Waals surface area contributed by atoms with Crippen LogP contribution in [0.4, 0.5) is 17.1 Å². The normalized spacial score (nSPS) is 11.9. The molecule has 0 aliphatic rings. The molecule has 0 amide bonds. The van der Waals surface area contributed by atoms with Gasteiger partial charge in [0, 0.05) is 42.2 Å². The van der Waals surface area contributed by atoms with Crippen molar-refractivity contribution in [3.8, 4) is 22.3 Å². The van der Waals surface area contributed by atoms with Crippen LogP contribution in [0.25, 0.3) is 94.9 Å². The van der Waals surface area contributed by atoms with E-state index >= 15 is 0 Å². The average molecular weight is 760 g/mol. The molecule has 0 bridgehead atoms. The van der Waals surface area contributed by atoms with E-state index in [1.54, 1.807) is 0 Å². The SMILES string of the molecule is c1ccc2c(-c3ccc(N(c4cccc5c4sc4ccccc45)c4cccc5c4sc4c(-c6cc7ccccc7c7ccccc67)cccc45)cc3)cccc2c1. The summed E-state index contributed by atoms with van der Waals surface area (Å²) in [4.78, 5) is 2.51. The van der Waals surface area contributed by atoms with Crippen molar-refractivity contribution in [1.82, 2.24) is 0 Å². The summed E-state index contributed by atoms with van der Waals surface area (Å²) < 4.78 is 5.18. The highest BCUT2D eigenvalue weighted by Gasteiger charge is 2.23. The maximum Gasteiger partial charge on any atom is 0.0640 e. The molecule has 2 aromatic heterocycles. The molecule has 12 aromatic rings. The number of benzene rings is 10. The monoisotopic (exact) mass is 759 g/mol. The van der Waals surface area contributed by atoms with Gasteiger partial charge in [-0.2, -0.15) is 0 Å². The van der Waals surface area contributed by atoms with Crippen LogP contribution in [0.5, 0.6) is 0 Å². The fourth-order valence-corrected chi connectivity index (χ4v) is 11.6.